The van der Waals surface area contributed by atoms with Crippen molar-refractivity contribution >= 4 is 23.3 Å². The van der Waals surface area contributed by atoms with E-state index in [0.717, 1.165) is 5.56 Å². The number of halogens is 2. The van der Waals surface area contributed by atoms with Crippen LogP contribution in [0.5, 0.6) is 0 Å². The third-order valence-corrected chi connectivity index (χ3v) is 3.46. The molecule has 0 spiro atoms. The van der Waals surface area contributed by atoms with Crippen LogP contribution >= 0.6 is 11.6 Å². The number of anilines is 1. The van der Waals surface area contributed by atoms with E-state index in [9.17, 15) is 9.18 Å². The van der Waals surface area contributed by atoms with E-state index < -0.39 is 5.82 Å². The summed E-state index contributed by atoms with van der Waals surface area (Å²) >= 11 is 5.67. The van der Waals surface area contributed by atoms with Gasteiger partial charge in [-0.1, -0.05) is 23.6 Å². The third-order valence-electron chi connectivity index (χ3n) is 3.16. The smallest absolute Gasteiger partial charge is 0.253 e. The molecule has 0 atom stereocenters. The number of carbonyl (C=O) groups excluding carboxylic acids is 1. The van der Waals surface area contributed by atoms with Gasteiger partial charge in [0.25, 0.3) is 5.91 Å². The first-order valence-electron chi connectivity index (χ1n) is 6.84. The van der Waals surface area contributed by atoms with Gasteiger partial charge < -0.3 is 10.2 Å². The Balaban J connectivity index is 2.05. The number of hydrogen-bond donors (Lipinski definition) is 1. The van der Waals surface area contributed by atoms with E-state index in [4.69, 9.17) is 18.0 Å². The van der Waals surface area contributed by atoms with Crippen molar-refractivity contribution in [1.29, 1.82) is 0 Å². The van der Waals surface area contributed by atoms with Crippen LogP contribution in [0.15, 0.2) is 36.5 Å². The van der Waals surface area contributed by atoms with E-state index in [1.807, 2.05) is 11.9 Å². The minimum atomic E-state index is -0.453. The fourth-order valence-electron chi connectivity index (χ4n) is 1.97. The quantitative estimate of drug-likeness (QED) is 0.857. The lowest BCUT2D eigenvalue weighted by Crippen LogP contribution is -2.24. The van der Waals surface area contributed by atoms with Gasteiger partial charge in [0.1, 0.15) is 11.6 Å². The van der Waals surface area contributed by atoms with Crippen LogP contribution in [-0.2, 0) is 6.54 Å². The molecule has 6 heteroatoms. The molecule has 1 heterocycles. The lowest BCUT2D eigenvalue weighted by Gasteiger charge is -2.18. The zero-order chi connectivity index (χ0) is 16.8. The molecule has 2 rings (SSSR count). The van der Waals surface area contributed by atoms with Gasteiger partial charge in [-0.2, -0.15) is 0 Å². The molecular weight excluding hydrogens is 317 g/mol. The minimum Gasteiger partial charge on any atom is -0.355 e. The Morgan fingerprint density at radius 3 is 2.83 bits per heavy atom. The largest absolute Gasteiger partial charge is 0.355 e. The standard InChI is InChI=1S/C17H15ClFN3O/c1-3-8-20-17(23)13-5-7-16(21-10-13)22(2)11-12-4-6-14(18)15(19)9-12/h1,4-7,9-10H,8,11H2,2H3,(H,20,23). The van der Waals surface area contributed by atoms with Crippen LogP contribution in [0.4, 0.5) is 10.2 Å². The lowest BCUT2D eigenvalue weighted by atomic mass is 10.2. The molecule has 0 bridgehead atoms. The summed E-state index contributed by atoms with van der Waals surface area (Å²) in [5.74, 6) is 2.27. The van der Waals surface area contributed by atoms with E-state index >= 15 is 0 Å². The molecule has 0 fully saturated rings. The summed E-state index contributed by atoms with van der Waals surface area (Å²) < 4.78 is 13.5. The van der Waals surface area contributed by atoms with Gasteiger partial charge in [-0.3, -0.25) is 4.79 Å². The second kappa shape index (κ2) is 7.61. The molecule has 2 aromatic rings. The molecule has 1 aromatic carbocycles. The fraction of sp³-hybridized carbons (Fsp3) is 0.176. The van der Waals surface area contributed by atoms with Crippen LogP contribution < -0.4 is 10.2 Å². The highest BCUT2D eigenvalue weighted by atomic mass is 35.5. The molecule has 0 saturated carbocycles. The van der Waals surface area contributed by atoms with Crippen LogP contribution in [0.2, 0.25) is 5.02 Å². The van der Waals surface area contributed by atoms with Gasteiger partial charge in [0.2, 0.25) is 0 Å². The third kappa shape index (κ3) is 4.44. The molecule has 118 valence electrons. The number of benzene rings is 1. The summed E-state index contributed by atoms with van der Waals surface area (Å²) in [4.78, 5) is 17.8. The Hall–Kier alpha value is -2.58. The number of aromatic nitrogens is 1. The van der Waals surface area contributed by atoms with Crippen molar-refractivity contribution < 1.29 is 9.18 Å². The molecule has 0 aliphatic carbocycles. The zero-order valence-corrected chi connectivity index (χ0v) is 13.3. The SMILES string of the molecule is C#CCNC(=O)c1ccc(N(C)Cc2ccc(Cl)c(F)c2)nc1. The number of hydrogen-bond acceptors (Lipinski definition) is 3. The second-order valence-corrected chi connectivity index (χ2v) is 5.30. The van der Waals surface area contributed by atoms with Crippen molar-refractivity contribution in [3.8, 4) is 12.3 Å². The maximum Gasteiger partial charge on any atom is 0.253 e. The van der Waals surface area contributed by atoms with Crippen LogP contribution in [0, 0.1) is 18.2 Å². The molecule has 0 aliphatic heterocycles. The van der Waals surface area contributed by atoms with Gasteiger partial charge in [-0.25, -0.2) is 9.37 Å². The van der Waals surface area contributed by atoms with E-state index in [0.29, 0.717) is 17.9 Å². The van der Waals surface area contributed by atoms with Crippen LogP contribution in [0.25, 0.3) is 0 Å². The minimum absolute atomic E-state index is 0.0943. The van der Waals surface area contributed by atoms with Crippen molar-refractivity contribution in [3.05, 3.63) is 58.5 Å². The van der Waals surface area contributed by atoms with Gasteiger partial charge >= 0.3 is 0 Å². The molecule has 4 nitrogen and oxygen atoms in total. The van der Waals surface area contributed by atoms with E-state index in [-0.39, 0.29) is 17.5 Å². The fourth-order valence-corrected chi connectivity index (χ4v) is 2.09. The summed E-state index contributed by atoms with van der Waals surface area (Å²) in [5, 5.41) is 2.66. The number of rotatable bonds is 5. The number of nitrogens with zero attached hydrogens (tertiary/aromatic N) is 2. The average molecular weight is 332 g/mol. The molecule has 1 amide bonds. The monoisotopic (exact) mass is 331 g/mol. The second-order valence-electron chi connectivity index (χ2n) is 4.90. The van der Waals surface area contributed by atoms with Crippen molar-refractivity contribution in [2.75, 3.05) is 18.5 Å². The normalized spacial score (nSPS) is 10.0. The summed E-state index contributed by atoms with van der Waals surface area (Å²) in [7, 11) is 1.83. The van der Waals surface area contributed by atoms with Crippen LogP contribution in [-0.4, -0.2) is 24.5 Å². The Morgan fingerprint density at radius 2 is 2.22 bits per heavy atom. The summed E-state index contributed by atoms with van der Waals surface area (Å²) in [6.45, 7) is 0.631. The topological polar surface area (TPSA) is 45.2 Å². The number of nitrogens with one attached hydrogen (secondary N) is 1. The Kier molecular flexibility index (Phi) is 5.56. The molecule has 0 radical (unpaired) electrons. The first-order chi connectivity index (χ1) is 11.0. The zero-order valence-electron chi connectivity index (χ0n) is 12.5. The Bertz CT molecular complexity index is 740. The number of carbonyl (C=O) groups is 1. The van der Waals surface area contributed by atoms with Crippen molar-refractivity contribution in [2.24, 2.45) is 0 Å². The van der Waals surface area contributed by atoms with Crippen LogP contribution in [0.1, 0.15) is 15.9 Å². The summed E-state index contributed by atoms with van der Waals surface area (Å²) in [6.07, 6.45) is 6.56. The van der Waals surface area contributed by atoms with Gasteiger partial charge in [0.15, 0.2) is 0 Å². The average Bonchev–Trinajstić information content (AvgIpc) is 2.56. The van der Waals surface area contributed by atoms with Gasteiger partial charge in [0, 0.05) is 19.8 Å². The number of amides is 1. The molecule has 0 saturated heterocycles. The highest BCUT2D eigenvalue weighted by Gasteiger charge is 2.09. The first-order valence-corrected chi connectivity index (χ1v) is 7.22. The van der Waals surface area contributed by atoms with Gasteiger partial charge in [-0.15, -0.1) is 6.42 Å². The van der Waals surface area contributed by atoms with Crippen molar-refractivity contribution in [2.45, 2.75) is 6.54 Å². The molecule has 0 aliphatic rings. The van der Waals surface area contributed by atoms with Crippen molar-refractivity contribution in [1.82, 2.24) is 10.3 Å². The Morgan fingerprint density at radius 1 is 1.43 bits per heavy atom. The molecule has 1 aromatic heterocycles. The highest BCUT2D eigenvalue weighted by molar-refractivity contribution is 6.30. The lowest BCUT2D eigenvalue weighted by molar-refractivity contribution is 0.0958. The molecular formula is C17H15ClFN3O. The van der Waals surface area contributed by atoms with Gasteiger partial charge in [-0.05, 0) is 29.8 Å². The highest BCUT2D eigenvalue weighted by Crippen LogP contribution is 2.18. The predicted molar refractivity (Wildman–Crippen MR) is 88.9 cm³/mol. The summed E-state index contributed by atoms with van der Waals surface area (Å²) in [6, 6.07) is 8.04. The molecule has 1 N–H and O–H groups in total. The summed E-state index contributed by atoms with van der Waals surface area (Å²) in [5.41, 5.74) is 1.20. The first kappa shape index (κ1) is 16.8. The predicted octanol–water partition coefficient (Wildman–Crippen LogP) is 2.87. The van der Waals surface area contributed by atoms with Crippen molar-refractivity contribution in [3.63, 3.8) is 0 Å². The van der Waals surface area contributed by atoms with E-state index in [2.05, 4.69) is 16.2 Å². The number of terminal acetylenes is 1. The maximum atomic E-state index is 13.5. The number of pyridine rings is 1. The Labute approximate surface area is 139 Å². The molecule has 23 heavy (non-hydrogen) atoms. The van der Waals surface area contributed by atoms with Gasteiger partial charge in [0.05, 0.1) is 17.1 Å². The van der Waals surface area contributed by atoms with E-state index in [1.54, 1.807) is 18.2 Å². The molecule has 0 unspecified atom stereocenters. The van der Waals surface area contributed by atoms with Crippen LogP contribution in [0.3, 0.4) is 0 Å². The van der Waals surface area contributed by atoms with E-state index in [1.165, 1.54) is 18.3 Å². The maximum absolute atomic E-state index is 13.5.